The molecule has 0 spiro atoms. The van der Waals surface area contributed by atoms with Gasteiger partial charge in [-0.05, 0) is 49.7 Å². The molecule has 2 aromatic rings. The number of benzene rings is 2. The molecule has 1 amide bonds. The summed E-state index contributed by atoms with van der Waals surface area (Å²) in [6, 6.07) is 10.0. The molecule has 0 fully saturated rings. The SMILES string of the molecule is CNc1ccc(C)cc1C(=O)Nc1cc(C)cc(F)c1. The molecule has 2 N–H and O–H groups in total. The van der Waals surface area contributed by atoms with E-state index in [1.807, 2.05) is 19.1 Å². The summed E-state index contributed by atoms with van der Waals surface area (Å²) >= 11 is 0. The summed E-state index contributed by atoms with van der Waals surface area (Å²) in [4.78, 5) is 12.3. The lowest BCUT2D eigenvalue weighted by Gasteiger charge is -2.11. The molecule has 0 aliphatic rings. The average molecular weight is 272 g/mol. The van der Waals surface area contributed by atoms with Crippen LogP contribution in [0.25, 0.3) is 0 Å². The van der Waals surface area contributed by atoms with Crippen LogP contribution in [-0.2, 0) is 0 Å². The molecule has 0 aliphatic heterocycles. The Morgan fingerprint density at radius 1 is 1.05 bits per heavy atom. The average Bonchev–Trinajstić information content (AvgIpc) is 2.37. The quantitative estimate of drug-likeness (QED) is 0.893. The molecule has 0 bridgehead atoms. The molecule has 3 nitrogen and oxygen atoms in total. The molecular weight excluding hydrogens is 255 g/mol. The molecule has 2 aromatic carbocycles. The van der Waals surface area contributed by atoms with Crippen molar-refractivity contribution in [2.24, 2.45) is 0 Å². The summed E-state index contributed by atoms with van der Waals surface area (Å²) in [5, 5.41) is 5.70. The summed E-state index contributed by atoms with van der Waals surface area (Å²) in [6.07, 6.45) is 0. The highest BCUT2D eigenvalue weighted by Crippen LogP contribution is 2.20. The molecule has 0 aromatic heterocycles. The Kier molecular flexibility index (Phi) is 4.03. The van der Waals surface area contributed by atoms with Gasteiger partial charge in [-0.1, -0.05) is 11.6 Å². The second-order valence-electron chi connectivity index (χ2n) is 4.77. The van der Waals surface area contributed by atoms with Crippen LogP contribution in [0, 0.1) is 19.7 Å². The third-order valence-corrected chi connectivity index (χ3v) is 2.99. The van der Waals surface area contributed by atoms with E-state index < -0.39 is 0 Å². The van der Waals surface area contributed by atoms with Gasteiger partial charge in [-0.2, -0.15) is 0 Å². The number of hydrogen-bond acceptors (Lipinski definition) is 2. The maximum Gasteiger partial charge on any atom is 0.257 e. The zero-order valence-corrected chi connectivity index (χ0v) is 11.8. The lowest BCUT2D eigenvalue weighted by molar-refractivity contribution is 0.102. The summed E-state index contributed by atoms with van der Waals surface area (Å²) < 4.78 is 13.3. The van der Waals surface area contributed by atoms with Crippen molar-refractivity contribution in [2.45, 2.75) is 13.8 Å². The molecule has 0 saturated carbocycles. The van der Waals surface area contributed by atoms with Crippen molar-refractivity contribution in [3.63, 3.8) is 0 Å². The number of aryl methyl sites for hydroxylation is 2. The normalized spacial score (nSPS) is 10.2. The fourth-order valence-corrected chi connectivity index (χ4v) is 2.07. The number of hydrogen-bond donors (Lipinski definition) is 2. The van der Waals surface area contributed by atoms with Crippen LogP contribution in [0.5, 0.6) is 0 Å². The molecule has 0 heterocycles. The Balaban J connectivity index is 2.30. The first kappa shape index (κ1) is 14.1. The molecular formula is C16H17FN2O. The van der Waals surface area contributed by atoms with Crippen LogP contribution in [0.15, 0.2) is 36.4 Å². The van der Waals surface area contributed by atoms with Gasteiger partial charge in [-0.25, -0.2) is 4.39 Å². The molecule has 20 heavy (non-hydrogen) atoms. The third kappa shape index (κ3) is 3.15. The van der Waals surface area contributed by atoms with Crippen LogP contribution >= 0.6 is 0 Å². The van der Waals surface area contributed by atoms with E-state index in [1.165, 1.54) is 12.1 Å². The van der Waals surface area contributed by atoms with E-state index in [1.54, 1.807) is 26.1 Å². The molecule has 0 atom stereocenters. The van der Waals surface area contributed by atoms with Crippen molar-refractivity contribution in [2.75, 3.05) is 17.7 Å². The van der Waals surface area contributed by atoms with Crippen LogP contribution in [0.3, 0.4) is 0 Å². The Morgan fingerprint density at radius 3 is 2.45 bits per heavy atom. The number of carbonyl (C=O) groups excluding carboxylic acids is 1. The predicted octanol–water partition coefficient (Wildman–Crippen LogP) is 3.74. The van der Waals surface area contributed by atoms with Gasteiger partial charge in [0.1, 0.15) is 5.82 Å². The topological polar surface area (TPSA) is 41.1 Å². The van der Waals surface area contributed by atoms with Gasteiger partial charge in [-0.15, -0.1) is 0 Å². The van der Waals surface area contributed by atoms with E-state index in [4.69, 9.17) is 0 Å². The monoisotopic (exact) mass is 272 g/mol. The largest absolute Gasteiger partial charge is 0.387 e. The van der Waals surface area contributed by atoms with Crippen molar-refractivity contribution in [3.05, 3.63) is 58.9 Å². The van der Waals surface area contributed by atoms with Crippen molar-refractivity contribution in [1.82, 2.24) is 0 Å². The van der Waals surface area contributed by atoms with Gasteiger partial charge in [0.15, 0.2) is 0 Å². The first-order valence-corrected chi connectivity index (χ1v) is 6.36. The summed E-state index contributed by atoms with van der Waals surface area (Å²) in [5.74, 6) is -0.624. The molecule has 2 rings (SSSR count). The molecule has 4 heteroatoms. The summed E-state index contributed by atoms with van der Waals surface area (Å²) in [7, 11) is 1.76. The standard InChI is InChI=1S/C16H17FN2O/c1-10-4-5-15(18-3)14(8-10)16(20)19-13-7-11(2)6-12(17)9-13/h4-9,18H,1-3H3,(H,19,20). The maximum atomic E-state index is 13.3. The van der Waals surface area contributed by atoms with Crippen molar-refractivity contribution >= 4 is 17.3 Å². The van der Waals surface area contributed by atoms with Crippen molar-refractivity contribution in [1.29, 1.82) is 0 Å². The lowest BCUT2D eigenvalue weighted by Crippen LogP contribution is -2.14. The smallest absolute Gasteiger partial charge is 0.257 e. The summed E-state index contributed by atoms with van der Waals surface area (Å²) in [6.45, 7) is 3.70. The second-order valence-corrected chi connectivity index (χ2v) is 4.77. The fourth-order valence-electron chi connectivity index (χ4n) is 2.07. The van der Waals surface area contributed by atoms with Gasteiger partial charge in [0.25, 0.3) is 5.91 Å². The highest BCUT2D eigenvalue weighted by molar-refractivity contribution is 6.08. The van der Waals surface area contributed by atoms with Gasteiger partial charge in [0.05, 0.1) is 5.56 Å². The van der Waals surface area contributed by atoms with Crippen molar-refractivity contribution < 1.29 is 9.18 Å². The summed E-state index contributed by atoms with van der Waals surface area (Å²) in [5.41, 5.74) is 3.48. The Morgan fingerprint density at radius 2 is 1.80 bits per heavy atom. The number of anilines is 2. The number of amides is 1. The highest BCUT2D eigenvalue weighted by atomic mass is 19.1. The van der Waals surface area contributed by atoms with E-state index in [0.29, 0.717) is 11.3 Å². The van der Waals surface area contributed by atoms with Crippen LogP contribution in [0.4, 0.5) is 15.8 Å². The first-order chi connectivity index (χ1) is 9.49. The minimum absolute atomic E-state index is 0.261. The number of rotatable bonds is 3. The number of halogens is 1. The molecule has 104 valence electrons. The number of nitrogens with one attached hydrogen (secondary N) is 2. The van der Waals surface area contributed by atoms with Gasteiger partial charge in [-0.3, -0.25) is 4.79 Å². The maximum absolute atomic E-state index is 13.3. The second kappa shape index (κ2) is 5.74. The minimum atomic E-state index is -0.363. The Bertz CT molecular complexity index is 633. The fraction of sp³-hybridized carbons (Fsp3) is 0.188. The lowest BCUT2D eigenvalue weighted by atomic mass is 10.1. The molecule has 0 radical (unpaired) electrons. The Hall–Kier alpha value is -2.36. The van der Waals surface area contributed by atoms with E-state index >= 15 is 0 Å². The van der Waals surface area contributed by atoms with Crippen LogP contribution in [-0.4, -0.2) is 13.0 Å². The van der Waals surface area contributed by atoms with Gasteiger partial charge in [0, 0.05) is 18.4 Å². The van der Waals surface area contributed by atoms with Gasteiger partial charge < -0.3 is 10.6 Å². The molecule has 0 saturated heterocycles. The van der Waals surface area contributed by atoms with Crippen LogP contribution in [0.2, 0.25) is 0 Å². The molecule has 0 unspecified atom stereocenters. The minimum Gasteiger partial charge on any atom is -0.387 e. The van der Waals surface area contributed by atoms with Crippen LogP contribution < -0.4 is 10.6 Å². The predicted molar refractivity (Wildman–Crippen MR) is 79.8 cm³/mol. The van der Waals surface area contributed by atoms with Crippen molar-refractivity contribution in [3.8, 4) is 0 Å². The number of carbonyl (C=O) groups is 1. The van der Waals surface area contributed by atoms with E-state index in [9.17, 15) is 9.18 Å². The van der Waals surface area contributed by atoms with Crippen LogP contribution in [0.1, 0.15) is 21.5 Å². The third-order valence-electron chi connectivity index (χ3n) is 2.99. The molecule has 0 aliphatic carbocycles. The Labute approximate surface area is 117 Å². The zero-order chi connectivity index (χ0) is 14.7. The van der Waals surface area contributed by atoms with Gasteiger partial charge >= 0.3 is 0 Å². The van der Waals surface area contributed by atoms with E-state index in [0.717, 1.165) is 16.8 Å². The highest BCUT2D eigenvalue weighted by Gasteiger charge is 2.12. The van der Waals surface area contributed by atoms with E-state index in [-0.39, 0.29) is 11.7 Å². The zero-order valence-electron chi connectivity index (χ0n) is 11.8. The first-order valence-electron chi connectivity index (χ1n) is 6.36. The van der Waals surface area contributed by atoms with Gasteiger partial charge in [0.2, 0.25) is 0 Å². The van der Waals surface area contributed by atoms with E-state index in [2.05, 4.69) is 10.6 Å².